The maximum Gasteiger partial charge on any atom is 0.0809 e. The van der Waals surface area contributed by atoms with Gasteiger partial charge in [0.1, 0.15) is 0 Å². The standard InChI is InChI=1S/C20H25Cl2NOS/c1-4-23-13-20(3,24)14(2)15-6-9-18(10-7-15)25-12-16-5-8-17(21)11-19(16)22/h5-11,14,23-24H,4,12-13H2,1-3H3. The zero-order chi connectivity index (χ0) is 18.4. The van der Waals surface area contributed by atoms with Gasteiger partial charge in [0, 0.05) is 33.2 Å². The average molecular weight is 398 g/mol. The van der Waals surface area contributed by atoms with Crippen LogP contribution in [-0.2, 0) is 5.75 Å². The van der Waals surface area contributed by atoms with Gasteiger partial charge in [0.25, 0.3) is 0 Å². The topological polar surface area (TPSA) is 32.3 Å². The molecule has 0 spiro atoms. The zero-order valence-electron chi connectivity index (χ0n) is 14.9. The van der Waals surface area contributed by atoms with Crippen LogP contribution in [0.25, 0.3) is 0 Å². The third-order valence-corrected chi connectivity index (χ3v) is 6.10. The molecule has 0 radical (unpaired) electrons. The number of nitrogens with one attached hydrogen (secondary N) is 1. The molecule has 2 atom stereocenters. The van der Waals surface area contributed by atoms with Crippen molar-refractivity contribution in [1.82, 2.24) is 5.32 Å². The van der Waals surface area contributed by atoms with Crippen molar-refractivity contribution in [2.45, 2.75) is 42.9 Å². The Bertz CT molecular complexity index is 689. The van der Waals surface area contributed by atoms with E-state index in [0.29, 0.717) is 16.6 Å². The normalized spacial score (nSPS) is 15.0. The molecule has 2 aromatic carbocycles. The minimum absolute atomic E-state index is 0.0521. The lowest BCUT2D eigenvalue weighted by Gasteiger charge is -2.31. The van der Waals surface area contributed by atoms with Crippen molar-refractivity contribution >= 4 is 35.0 Å². The summed E-state index contributed by atoms with van der Waals surface area (Å²) in [6.07, 6.45) is 0. The first kappa shape index (κ1) is 20.6. The van der Waals surface area contributed by atoms with Gasteiger partial charge in [-0.2, -0.15) is 0 Å². The van der Waals surface area contributed by atoms with Gasteiger partial charge in [-0.05, 0) is 48.9 Å². The Kier molecular flexibility index (Phi) is 7.66. The lowest BCUT2D eigenvalue weighted by atomic mass is 9.85. The van der Waals surface area contributed by atoms with Crippen LogP contribution in [0.3, 0.4) is 0 Å². The van der Waals surface area contributed by atoms with E-state index in [4.69, 9.17) is 23.2 Å². The Hall–Kier alpha value is -0.710. The number of hydrogen-bond donors (Lipinski definition) is 2. The van der Waals surface area contributed by atoms with E-state index in [-0.39, 0.29) is 5.92 Å². The summed E-state index contributed by atoms with van der Waals surface area (Å²) in [6.45, 7) is 7.42. The molecule has 2 nitrogen and oxygen atoms in total. The Morgan fingerprint density at radius 2 is 1.84 bits per heavy atom. The van der Waals surface area contributed by atoms with Crippen LogP contribution in [0.1, 0.15) is 37.8 Å². The molecular weight excluding hydrogens is 373 g/mol. The fraction of sp³-hybridized carbons (Fsp3) is 0.400. The predicted molar refractivity (Wildman–Crippen MR) is 110 cm³/mol. The van der Waals surface area contributed by atoms with Crippen LogP contribution in [0.5, 0.6) is 0 Å². The van der Waals surface area contributed by atoms with E-state index >= 15 is 0 Å². The van der Waals surface area contributed by atoms with Crippen molar-refractivity contribution in [1.29, 1.82) is 0 Å². The van der Waals surface area contributed by atoms with Gasteiger partial charge in [0.15, 0.2) is 0 Å². The number of aliphatic hydroxyl groups is 1. The zero-order valence-corrected chi connectivity index (χ0v) is 17.2. The number of thioether (sulfide) groups is 1. The third-order valence-electron chi connectivity index (χ3n) is 4.46. The monoisotopic (exact) mass is 397 g/mol. The molecule has 2 rings (SSSR count). The second kappa shape index (κ2) is 9.29. The first-order valence-electron chi connectivity index (χ1n) is 8.43. The van der Waals surface area contributed by atoms with Crippen LogP contribution in [0.4, 0.5) is 0 Å². The van der Waals surface area contributed by atoms with E-state index in [9.17, 15) is 5.11 Å². The Morgan fingerprint density at radius 1 is 1.16 bits per heavy atom. The van der Waals surface area contributed by atoms with Crippen molar-refractivity contribution in [3.8, 4) is 0 Å². The third kappa shape index (κ3) is 5.90. The number of benzene rings is 2. The van der Waals surface area contributed by atoms with Crippen molar-refractivity contribution in [3.05, 3.63) is 63.6 Å². The lowest BCUT2D eigenvalue weighted by molar-refractivity contribution is 0.0368. The number of halogens is 2. The summed E-state index contributed by atoms with van der Waals surface area (Å²) in [5.74, 6) is 0.847. The molecule has 0 heterocycles. The summed E-state index contributed by atoms with van der Waals surface area (Å²) in [7, 11) is 0. The van der Waals surface area contributed by atoms with Gasteiger partial charge >= 0.3 is 0 Å². The van der Waals surface area contributed by atoms with Crippen LogP contribution in [0.15, 0.2) is 47.4 Å². The Balaban J connectivity index is 1.99. The van der Waals surface area contributed by atoms with Gasteiger partial charge in [-0.25, -0.2) is 0 Å². The molecule has 0 bridgehead atoms. The van der Waals surface area contributed by atoms with E-state index < -0.39 is 5.60 Å². The highest BCUT2D eigenvalue weighted by atomic mass is 35.5. The van der Waals surface area contributed by atoms with Crippen LogP contribution in [0, 0.1) is 0 Å². The molecule has 2 aromatic rings. The summed E-state index contributed by atoms with van der Waals surface area (Å²) in [6, 6.07) is 14.0. The second-order valence-electron chi connectivity index (χ2n) is 6.45. The van der Waals surface area contributed by atoms with Gasteiger partial charge in [-0.3, -0.25) is 0 Å². The fourth-order valence-electron chi connectivity index (χ4n) is 2.54. The summed E-state index contributed by atoms with van der Waals surface area (Å²) < 4.78 is 0. The van der Waals surface area contributed by atoms with Gasteiger partial charge in [-0.15, -0.1) is 11.8 Å². The Labute approximate surface area is 164 Å². The molecule has 25 heavy (non-hydrogen) atoms. The molecule has 0 aliphatic heterocycles. The molecule has 0 amide bonds. The van der Waals surface area contributed by atoms with E-state index in [2.05, 4.69) is 36.5 Å². The molecule has 0 saturated carbocycles. The van der Waals surface area contributed by atoms with E-state index in [1.165, 1.54) is 4.90 Å². The molecule has 2 unspecified atom stereocenters. The highest BCUT2D eigenvalue weighted by Crippen LogP contribution is 2.31. The highest BCUT2D eigenvalue weighted by molar-refractivity contribution is 7.98. The van der Waals surface area contributed by atoms with Crippen molar-refractivity contribution in [2.24, 2.45) is 0 Å². The van der Waals surface area contributed by atoms with E-state index in [1.54, 1.807) is 17.8 Å². The molecule has 0 fully saturated rings. The molecule has 2 N–H and O–H groups in total. The van der Waals surface area contributed by atoms with Crippen molar-refractivity contribution < 1.29 is 5.11 Å². The quantitative estimate of drug-likeness (QED) is 0.556. The van der Waals surface area contributed by atoms with Gasteiger partial charge in [0.2, 0.25) is 0 Å². The van der Waals surface area contributed by atoms with E-state index in [0.717, 1.165) is 23.4 Å². The maximum absolute atomic E-state index is 10.6. The van der Waals surface area contributed by atoms with Crippen molar-refractivity contribution in [3.63, 3.8) is 0 Å². The summed E-state index contributed by atoms with van der Waals surface area (Å²) in [5, 5.41) is 15.2. The van der Waals surface area contributed by atoms with Crippen LogP contribution < -0.4 is 5.32 Å². The molecule has 5 heteroatoms. The minimum Gasteiger partial charge on any atom is -0.388 e. The molecule has 0 aliphatic rings. The minimum atomic E-state index is -0.776. The molecule has 0 saturated heterocycles. The molecule has 0 aliphatic carbocycles. The molecule has 0 aromatic heterocycles. The highest BCUT2D eigenvalue weighted by Gasteiger charge is 2.28. The fourth-order valence-corrected chi connectivity index (χ4v) is 4.00. The van der Waals surface area contributed by atoms with E-state index in [1.807, 2.05) is 26.0 Å². The first-order valence-corrected chi connectivity index (χ1v) is 10.2. The molecule has 136 valence electrons. The Morgan fingerprint density at radius 3 is 2.44 bits per heavy atom. The predicted octanol–water partition coefficient (Wildman–Crippen LogP) is 5.75. The first-order chi connectivity index (χ1) is 11.8. The van der Waals surface area contributed by atoms with Gasteiger partial charge in [-0.1, -0.05) is 55.2 Å². The maximum atomic E-state index is 10.6. The van der Waals surface area contributed by atoms with Gasteiger partial charge < -0.3 is 10.4 Å². The smallest absolute Gasteiger partial charge is 0.0809 e. The summed E-state index contributed by atoms with van der Waals surface area (Å²) in [5.41, 5.74) is 1.43. The lowest BCUT2D eigenvalue weighted by Crippen LogP contribution is -2.42. The SMILES string of the molecule is CCNCC(C)(O)C(C)c1ccc(SCc2ccc(Cl)cc2Cl)cc1. The largest absolute Gasteiger partial charge is 0.388 e. The molecular formula is C20H25Cl2NOS. The average Bonchev–Trinajstić information content (AvgIpc) is 2.59. The summed E-state index contributed by atoms with van der Waals surface area (Å²) >= 11 is 13.9. The van der Waals surface area contributed by atoms with Crippen LogP contribution in [-0.4, -0.2) is 23.8 Å². The van der Waals surface area contributed by atoms with Gasteiger partial charge in [0.05, 0.1) is 5.60 Å². The van der Waals surface area contributed by atoms with Crippen LogP contribution >= 0.6 is 35.0 Å². The number of hydrogen-bond acceptors (Lipinski definition) is 3. The van der Waals surface area contributed by atoms with Crippen molar-refractivity contribution in [2.75, 3.05) is 13.1 Å². The summed E-state index contributed by atoms with van der Waals surface area (Å²) in [4.78, 5) is 1.17. The van der Waals surface area contributed by atoms with Crippen LogP contribution in [0.2, 0.25) is 10.0 Å². The number of likely N-dealkylation sites (N-methyl/N-ethyl adjacent to an activating group) is 1. The number of rotatable bonds is 8. The second-order valence-corrected chi connectivity index (χ2v) is 8.35.